The van der Waals surface area contributed by atoms with E-state index < -0.39 is 38.2 Å². The molecule has 1 aromatic carbocycles. The molecule has 1 aliphatic heterocycles. The van der Waals surface area contributed by atoms with Crippen LogP contribution in [-0.2, 0) is 20.4 Å². The molecule has 4 atom stereocenters. The Hall–Kier alpha value is -2.38. The third kappa shape index (κ3) is 6.64. The molecule has 10 nitrogen and oxygen atoms in total. The van der Waals surface area contributed by atoms with Crippen LogP contribution in [0.4, 0.5) is 0 Å². The van der Waals surface area contributed by atoms with Crippen molar-refractivity contribution in [2.24, 2.45) is 0 Å². The van der Waals surface area contributed by atoms with Crippen molar-refractivity contribution in [1.82, 2.24) is 14.2 Å². The van der Waals surface area contributed by atoms with Crippen LogP contribution >= 0.6 is 8.53 Å². The molecule has 190 valence electrons. The first-order valence-electron chi connectivity index (χ1n) is 12.0. The van der Waals surface area contributed by atoms with Gasteiger partial charge < -0.3 is 18.9 Å². The molecular formula is C24H33N4O6P. The molecule has 0 amide bonds. The molecule has 2 unspecified atom stereocenters. The highest BCUT2D eigenvalue weighted by Crippen LogP contribution is 2.50. The lowest BCUT2D eigenvalue weighted by Gasteiger charge is -2.37. The Balaban J connectivity index is 1.85. The third-order valence-electron chi connectivity index (χ3n) is 5.67. The second-order valence-electron chi connectivity index (χ2n) is 9.05. The van der Waals surface area contributed by atoms with Crippen LogP contribution in [0.25, 0.3) is 0 Å². The smallest absolute Gasteiger partial charge is 0.330 e. The van der Waals surface area contributed by atoms with Crippen molar-refractivity contribution in [3.8, 4) is 6.07 Å². The Morgan fingerprint density at radius 3 is 2.77 bits per heavy atom. The molecule has 35 heavy (non-hydrogen) atoms. The van der Waals surface area contributed by atoms with Gasteiger partial charge in [0.05, 0.1) is 31.0 Å². The van der Waals surface area contributed by atoms with E-state index in [0.717, 1.165) is 5.56 Å². The number of aromatic nitrogens is 2. The van der Waals surface area contributed by atoms with E-state index in [9.17, 15) is 14.9 Å². The molecule has 0 aliphatic carbocycles. The van der Waals surface area contributed by atoms with E-state index in [0.29, 0.717) is 17.5 Å². The minimum atomic E-state index is -1.59. The standard InChI is InChI=1S/C24H33N4O6P/c1-15(2)28(16(3)4)35(32-14-19-8-6-7-18(9-19)11-25)34-20-10-22(33-21(20)13-29)27-12-17(5)23(30)26-24(27)31/h6-9,12,15-16,20-22,29H,10,13-14H2,1-5H3,(H,26,30,31)/t20?,21-,22-,35?/m1/s1/i29D. The number of aryl methyl sites for hydroxylation is 1. The maximum absolute atomic E-state index is 12.4. The molecule has 2 heterocycles. The summed E-state index contributed by atoms with van der Waals surface area (Å²) in [5, 5.41) is 13.8. The second kappa shape index (κ2) is 12.0. The average Bonchev–Trinajstić information content (AvgIpc) is 3.21. The topological polar surface area (TPSA) is 130 Å². The number of nitriles is 1. The molecule has 1 aromatic heterocycles. The van der Waals surface area contributed by atoms with Gasteiger partial charge in [-0.15, -0.1) is 0 Å². The van der Waals surface area contributed by atoms with Crippen LogP contribution in [0.2, 0.25) is 0 Å². The van der Waals surface area contributed by atoms with Gasteiger partial charge in [-0.25, -0.2) is 9.46 Å². The van der Waals surface area contributed by atoms with Crippen molar-refractivity contribution < 1.29 is 18.9 Å². The molecule has 1 aliphatic rings. The second-order valence-corrected chi connectivity index (χ2v) is 10.5. The summed E-state index contributed by atoms with van der Waals surface area (Å²) in [5.74, 6) is 0. The summed E-state index contributed by atoms with van der Waals surface area (Å²) in [6, 6.07) is 9.56. The SMILES string of the molecule is [2H]OC[C@H]1O[C@@H](n2cc(C)c(=O)[nH]c2=O)CC1OP(OCc1cccc(C#N)c1)N(C(C)C)C(C)C. The number of aromatic amines is 1. The summed E-state index contributed by atoms with van der Waals surface area (Å²) in [6.07, 6.45) is -0.0911. The maximum atomic E-state index is 12.4. The number of nitrogens with one attached hydrogen (secondary N) is 1. The fraction of sp³-hybridized carbons (Fsp3) is 0.542. The van der Waals surface area contributed by atoms with E-state index in [1.807, 2.05) is 12.1 Å². The number of H-pyrrole nitrogens is 1. The maximum Gasteiger partial charge on any atom is 0.330 e. The number of benzene rings is 1. The van der Waals surface area contributed by atoms with Crippen molar-refractivity contribution in [2.75, 3.05) is 6.61 Å². The zero-order valence-corrected chi connectivity index (χ0v) is 21.5. The first-order valence-corrected chi connectivity index (χ1v) is 12.7. The van der Waals surface area contributed by atoms with Crippen LogP contribution in [-0.4, -0.2) is 51.7 Å². The lowest BCUT2D eigenvalue weighted by atomic mass is 10.1. The van der Waals surface area contributed by atoms with Crippen molar-refractivity contribution in [3.63, 3.8) is 0 Å². The highest BCUT2D eigenvalue weighted by atomic mass is 31.2. The first kappa shape index (κ1) is 25.7. The van der Waals surface area contributed by atoms with Crippen LogP contribution in [0, 0.1) is 18.3 Å². The van der Waals surface area contributed by atoms with Gasteiger partial charge in [-0.1, -0.05) is 12.1 Å². The number of hydrogen-bond acceptors (Lipinski definition) is 8. The van der Waals surface area contributed by atoms with Gasteiger partial charge in [-0.3, -0.25) is 14.3 Å². The summed E-state index contributed by atoms with van der Waals surface area (Å²) >= 11 is 0. The van der Waals surface area contributed by atoms with E-state index >= 15 is 0 Å². The van der Waals surface area contributed by atoms with E-state index in [-0.39, 0.29) is 25.3 Å². The summed E-state index contributed by atoms with van der Waals surface area (Å²) in [6.45, 7) is 10.0. The lowest BCUT2D eigenvalue weighted by molar-refractivity contribution is -0.0441. The van der Waals surface area contributed by atoms with Crippen LogP contribution in [0.15, 0.2) is 40.1 Å². The molecule has 1 saturated heterocycles. The van der Waals surface area contributed by atoms with Crippen molar-refractivity contribution in [3.05, 3.63) is 68.0 Å². The molecule has 0 saturated carbocycles. The number of rotatable bonds is 11. The highest BCUT2D eigenvalue weighted by Gasteiger charge is 2.41. The normalized spacial score (nSPS) is 21.5. The number of aliphatic hydroxyl groups is 1. The van der Waals surface area contributed by atoms with E-state index in [2.05, 4.69) is 48.5 Å². The van der Waals surface area contributed by atoms with Gasteiger partial charge in [0.25, 0.3) is 14.1 Å². The van der Waals surface area contributed by atoms with Crippen LogP contribution in [0.5, 0.6) is 0 Å². The van der Waals surface area contributed by atoms with Crippen molar-refractivity contribution in [1.29, 1.82) is 6.69 Å². The molecule has 0 bridgehead atoms. The fourth-order valence-electron chi connectivity index (χ4n) is 4.03. The number of aliphatic hydroxyl groups excluding tert-OH is 1. The minimum Gasteiger partial charge on any atom is -0.394 e. The quantitative estimate of drug-likeness (QED) is 0.446. The predicted octanol–water partition coefficient (Wildman–Crippen LogP) is 2.94. The molecule has 3 rings (SSSR count). The zero-order valence-electron chi connectivity index (χ0n) is 21.6. The fourth-order valence-corrected chi connectivity index (χ4v) is 5.80. The largest absolute Gasteiger partial charge is 0.394 e. The van der Waals surface area contributed by atoms with Crippen LogP contribution in [0.3, 0.4) is 0 Å². The predicted molar refractivity (Wildman–Crippen MR) is 132 cm³/mol. The van der Waals surface area contributed by atoms with E-state index in [4.69, 9.17) is 15.2 Å². The highest BCUT2D eigenvalue weighted by molar-refractivity contribution is 7.44. The lowest BCUT2D eigenvalue weighted by Crippen LogP contribution is -2.36. The molecule has 2 aromatic rings. The number of nitrogens with zero attached hydrogens (tertiary/aromatic N) is 3. The monoisotopic (exact) mass is 505 g/mol. The average molecular weight is 506 g/mol. The van der Waals surface area contributed by atoms with Gasteiger partial charge in [0, 0.05) is 30.3 Å². The first-order chi connectivity index (χ1) is 17.1. The zero-order chi connectivity index (χ0) is 26.4. The summed E-state index contributed by atoms with van der Waals surface area (Å²) in [7, 11) is -1.59. The molecule has 11 heteroatoms. The molecule has 0 radical (unpaired) electrons. The number of ether oxygens (including phenoxy) is 1. The minimum absolute atomic E-state index is 0.0605. The summed E-state index contributed by atoms with van der Waals surface area (Å²) in [5.41, 5.74) is 0.747. The van der Waals surface area contributed by atoms with Gasteiger partial charge in [-0.2, -0.15) is 5.26 Å². The molecule has 2 N–H and O–H groups in total. The number of hydrogen-bond donors (Lipinski definition) is 2. The van der Waals surface area contributed by atoms with E-state index in [1.165, 1.54) is 10.8 Å². The van der Waals surface area contributed by atoms with Crippen LogP contribution < -0.4 is 11.2 Å². The Morgan fingerprint density at radius 1 is 1.37 bits per heavy atom. The van der Waals surface area contributed by atoms with Gasteiger partial charge in [-0.05, 0) is 52.3 Å². The van der Waals surface area contributed by atoms with Gasteiger partial charge in [0.2, 0.25) is 1.43 Å². The molecule has 1 fully saturated rings. The Bertz CT molecular complexity index is 1170. The van der Waals surface area contributed by atoms with Gasteiger partial charge >= 0.3 is 5.69 Å². The Kier molecular flexibility index (Phi) is 8.84. The van der Waals surface area contributed by atoms with Gasteiger partial charge in [0.15, 0.2) is 0 Å². The Morgan fingerprint density at radius 2 is 2.11 bits per heavy atom. The summed E-state index contributed by atoms with van der Waals surface area (Å²) in [4.78, 5) is 26.5. The molecule has 0 spiro atoms. The van der Waals surface area contributed by atoms with Crippen molar-refractivity contribution in [2.45, 2.75) is 78.2 Å². The molecular weight excluding hydrogens is 471 g/mol. The van der Waals surface area contributed by atoms with Crippen LogP contribution in [0.1, 0.15) is 57.0 Å². The summed E-state index contributed by atoms with van der Waals surface area (Å²) < 4.78 is 29.6. The Labute approximate surface area is 207 Å². The van der Waals surface area contributed by atoms with Crippen molar-refractivity contribution >= 4 is 8.53 Å². The third-order valence-corrected chi connectivity index (χ3v) is 7.77. The van der Waals surface area contributed by atoms with E-state index in [1.54, 1.807) is 19.1 Å². The van der Waals surface area contributed by atoms with Gasteiger partial charge in [0.1, 0.15) is 12.3 Å².